The summed E-state index contributed by atoms with van der Waals surface area (Å²) >= 11 is 6.05. The Bertz CT molecular complexity index is 1020. The largest absolute Gasteiger partial charge is 0.496 e. The van der Waals surface area contributed by atoms with Crippen LogP contribution in [0.1, 0.15) is 35.2 Å². The third kappa shape index (κ3) is 5.53. The Morgan fingerprint density at radius 2 is 1.59 bits per heavy atom. The molecule has 0 saturated carbocycles. The number of anilines is 1. The van der Waals surface area contributed by atoms with Gasteiger partial charge in [-0.1, -0.05) is 11.6 Å². The molecule has 1 aliphatic rings. The molecule has 8 heteroatoms. The molecule has 2 amide bonds. The van der Waals surface area contributed by atoms with Crippen LogP contribution in [0.5, 0.6) is 17.2 Å². The third-order valence-electron chi connectivity index (χ3n) is 5.26. The summed E-state index contributed by atoms with van der Waals surface area (Å²) in [6, 6.07) is 8.34. The second-order valence-electron chi connectivity index (χ2n) is 7.31. The quantitative estimate of drug-likeness (QED) is 0.611. The molecule has 1 fully saturated rings. The molecule has 2 aromatic rings. The van der Waals surface area contributed by atoms with Gasteiger partial charge >= 0.3 is 0 Å². The van der Waals surface area contributed by atoms with Crippen LogP contribution >= 0.6 is 11.6 Å². The van der Waals surface area contributed by atoms with Crippen LogP contribution in [0.3, 0.4) is 0 Å². The Morgan fingerprint density at radius 1 is 0.938 bits per heavy atom. The van der Waals surface area contributed by atoms with Crippen molar-refractivity contribution in [3.63, 3.8) is 0 Å². The summed E-state index contributed by atoms with van der Waals surface area (Å²) < 4.78 is 16.0. The average Bonchev–Trinajstić information content (AvgIpc) is 2.82. The van der Waals surface area contributed by atoms with E-state index in [4.69, 9.17) is 25.8 Å². The zero-order valence-corrected chi connectivity index (χ0v) is 19.2. The van der Waals surface area contributed by atoms with Crippen molar-refractivity contribution in [2.24, 2.45) is 0 Å². The lowest BCUT2D eigenvalue weighted by Gasteiger charge is -2.28. The molecule has 170 valence electrons. The molecule has 0 aromatic heterocycles. The van der Waals surface area contributed by atoms with Gasteiger partial charge < -0.3 is 24.4 Å². The first kappa shape index (κ1) is 23.5. The monoisotopic (exact) mass is 458 g/mol. The van der Waals surface area contributed by atoms with Gasteiger partial charge in [0, 0.05) is 35.8 Å². The Kier molecular flexibility index (Phi) is 8.00. The maximum absolute atomic E-state index is 13.2. The zero-order chi connectivity index (χ0) is 23.1. The molecule has 32 heavy (non-hydrogen) atoms. The van der Waals surface area contributed by atoms with E-state index in [1.807, 2.05) is 0 Å². The van der Waals surface area contributed by atoms with Gasteiger partial charge in [0.25, 0.3) is 5.91 Å². The molecule has 0 aliphatic carbocycles. The van der Waals surface area contributed by atoms with E-state index in [1.54, 1.807) is 48.4 Å². The fraction of sp³-hybridized carbons (Fsp3) is 0.333. The number of nitrogens with zero attached hydrogens (tertiary/aromatic N) is 1. The van der Waals surface area contributed by atoms with Crippen molar-refractivity contribution >= 4 is 35.2 Å². The molecule has 7 nitrogen and oxygen atoms in total. The predicted molar refractivity (Wildman–Crippen MR) is 125 cm³/mol. The molecule has 2 aromatic carbocycles. The first-order valence-corrected chi connectivity index (χ1v) is 10.7. The van der Waals surface area contributed by atoms with E-state index in [9.17, 15) is 9.59 Å². The summed E-state index contributed by atoms with van der Waals surface area (Å²) in [6.45, 7) is 1.38. The van der Waals surface area contributed by atoms with E-state index in [0.29, 0.717) is 52.2 Å². The summed E-state index contributed by atoms with van der Waals surface area (Å²) in [4.78, 5) is 27.7. The van der Waals surface area contributed by atoms with Gasteiger partial charge in [-0.2, -0.15) is 0 Å². The number of methoxy groups -OCH3 is 3. The summed E-state index contributed by atoms with van der Waals surface area (Å²) in [6.07, 6.45) is 6.00. The first-order chi connectivity index (χ1) is 15.5. The summed E-state index contributed by atoms with van der Waals surface area (Å²) in [7, 11) is 4.55. The Morgan fingerprint density at radius 3 is 2.25 bits per heavy atom. The smallest absolute Gasteiger partial charge is 0.256 e. The second kappa shape index (κ2) is 10.9. The highest BCUT2D eigenvalue weighted by molar-refractivity contribution is 6.30. The lowest BCUT2D eigenvalue weighted by Crippen LogP contribution is -2.36. The van der Waals surface area contributed by atoms with Crippen LogP contribution in [0, 0.1) is 0 Å². The molecule has 0 unspecified atom stereocenters. The van der Waals surface area contributed by atoms with Crippen LogP contribution in [-0.2, 0) is 4.79 Å². The van der Waals surface area contributed by atoms with Crippen LogP contribution in [0.2, 0.25) is 5.02 Å². The molecular weight excluding hydrogens is 432 g/mol. The highest BCUT2D eigenvalue weighted by Gasteiger charge is 2.24. The van der Waals surface area contributed by atoms with Gasteiger partial charge in [0.2, 0.25) is 5.91 Å². The third-order valence-corrected chi connectivity index (χ3v) is 5.50. The fourth-order valence-electron chi connectivity index (χ4n) is 3.60. The van der Waals surface area contributed by atoms with E-state index >= 15 is 0 Å². The van der Waals surface area contributed by atoms with Crippen molar-refractivity contribution < 1.29 is 23.8 Å². The van der Waals surface area contributed by atoms with Gasteiger partial charge in [-0.25, -0.2) is 0 Å². The summed E-state index contributed by atoms with van der Waals surface area (Å²) in [5, 5.41) is 3.32. The highest BCUT2D eigenvalue weighted by atomic mass is 35.5. The van der Waals surface area contributed by atoms with E-state index in [-0.39, 0.29) is 5.91 Å². The van der Waals surface area contributed by atoms with Gasteiger partial charge in [0.1, 0.15) is 5.75 Å². The van der Waals surface area contributed by atoms with Gasteiger partial charge in [-0.15, -0.1) is 0 Å². The molecule has 1 aliphatic heterocycles. The van der Waals surface area contributed by atoms with Crippen LogP contribution in [0.4, 0.5) is 5.69 Å². The predicted octanol–water partition coefficient (Wildman–Crippen LogP) is 4.64. The van der Waals surface area contributed by atoms with Gasteiger partial charge in [0.05, 0.1) is 32.6 Å². The van der Waals surface area contributed by atoms with E-state index in [0.717, 1.165) is 19.3 Å². The molecule has 0 spiro atoms. The van der Waals surface area contributed by atoms with Crippen LogP contribution in [-0.4, -0.2) is 51.1 Å². The molecule has 0 bridgehead atoms. The number of hydrogen-bond donors (Lipinski definition) is 1. The van der Waals surface area contributed by atoms with E-state index in [1.165, 1.54) is 20.3 Å². The Labute approximate surface area is 192 Å². The second-order valence-corrected chi connectivity index (χ2v) is 7.75. The number of amides is 2. The van der Waals surface area contributed by atoms with Crippen molar-refractivity contribution in [2.75, 3.05) is 39.7 Å². The molecule has 1 saturated heterocycles. The molecule has 0 radical (unpaired) electrons. The number of rotatable bonds is 7. The van der Waals surface area contributed by atoms with Crippen molar-refractivity contribution in [1.29, 1.82) is 0 Å². The standard InChI is InChI=1S/C24H27ClN2O5/c1-30-20-9-8-17(25)13-16(20)7-10-23(28)26-19-15-22(32-3)21(31-2)14-18(19)24(29)27-11-5-4-6-12-27/h7-10,13-15H,4-6,11-12H2,1-3H3,(H,26,28). The number of hydrogen-bond acceptors (Lipinski definition) is 5. The van der Waals surface area contributed by atoms with Crippen molar-refractivity contribution in [2.45, 2.75) is 19.3 Å². The van der Waals surface area contributed by atoms with Crippen molar-refractivity contribution in [1.82, 2.24) is 4.90 Å². The normalized spacial score (nSPS) is 13.7. The highest BCUT2D eigenvalue weighted by Crippen LogP contribution is 2.34. The molecule has 1 heterocycles. The van der Waals surface area contributed by atoms with E-state index < -0.39 is 5.91 Å². The Hall–Kier alpha value is -3.19. The van der Waals surface area contributed by atoms with Gasteiger partial charge in [0.15, 0.2) is 11.5 Å². The minimum absolute atomic E-state index is 0.151. The number of halogens is 1. The first-order valence-electron chi connectivity index (χ1n) is 10.3. The molecular formula is C24H27ClN2O5. The number of nitrogens with one attached hydrogen (secondary N) is 1. The number of carbonyl (C=O) groups excluding carboxylic acids is 2. The number of benzene rings is 2. The Balaban J connectivity index is 1.89. The van der Waals surface area contributed by atoms with E-state index in [2.05, 4.69) is 5.32 Å². The maximum Gasteiger partial charge on any atom is 0.256 e. The minimum Gasteiger partial charge on any atom is -0.496 e. The SMILES string of the molecule is COc1ccc(Cl)cc1C=CC(=O)Nc1cc(OC)c(OC)cc1C(=O)N1CCCCC1. The summed E-state index contributed by atoms with van der Waals surface area (Å²) in [5.74, 6) is 0.863. The molecule has 0 atom stereocenters. The van der Waals surface area contributed by atoms with Gasteiger partial charge in [-0.3, -0.25) is 9.59 Å². The van der Waals surface area contributed by atoms with Crippen LogP contribution in [0.15, 0.2) is 36.4 Å². The maximum atomic E-state index is 13.2. The number of piperidine rings is 1. The summed E-state index contributed by atoms with van der Waals surface area (Å²) in [5.41, 5.74) is 1.37. The number of carbonyl (C=O) groups is 2. The topological polar surface area (TPSA) is 77.1 Å². The average molecular weight is 459 g/mol. The van der Waals surface area contributed by atoms with Crippen LogP contribution < -0.4 is 19.5 Å². The number of likely N-dealkylation sites (tertiary alicyclic amines) is 1. The van der Waals surface area contributed by atoms with Crippen molar-refractivity contribution in [3.8, 4) is 17.2 Å². The van der Waals surface area contributed by atoms with Crippen LogP contribution in [0.25, 0.3) is 6.08 Å². The lowest BCUT2D eigenvalue weighted by atomic mass is 10.1. The number of ether oxygens (including phenoxy) is 3. The lowest BCUT2D eigenvalue weighted by molar-refractivity contribution is -0.111. The fourth-order valence-corrected chi connectivity index (χ4v) is 3.78. The molecule has 3 rings (SSSR count). The zero-order valence-electron chi connectivity index (χ0n) is 18.4. The van der Waals surface area contributed by atoms with Gasteiger partial charge in [-0.05, 0) is 49.6 Å². The molecule has 1 N–H and O–H groups in total. The minimum atomic E-state index is -0.410. The van der Waals surface area contributed by atoms with Crippen molar-refractivity contribution in [3.05, 3.63) is 52.6 Å².